The fourth-order valence-electron chi connectivity index (χ4n) is 5.52. The third-order valence-corrected chi connectivity index (χ3v) is 7.34. The van der Waals surface area contributed by atoms with Gasteiger partial charge < -0.3 is 19.4 Å². The van der Waals surface area contributed by atoms with Crippen molar-refractivity contribution in [3.05, 3.63) is 24.3 Å². The molecule has 2 fully saturated rings. The molecule has 4 heterocycles. The summed E-state index contributed by atoms with van der Waals surface area (Å²) < 4.78 is 2.33. The first kappa shape index (κ1) is 21.0. The Balaban J connectivity index is 1.47. The molecule has 168 valence electrons. The fraction of sp³-hybridized carbons (Fsp3) is 0.583. The van der Waals surface area contributed by atoms with Crippen molar-refractivity contribution in [3.63, 3.8) is 0 Å². The Hall–Kier alpha value is -2.92. The number of amides is 1. The van der Waals surface area contributed by atoms with Gasteiger partial charge in [-0.3, -0.25) is 4.79 Å². The summed E-state index contributed by atoms with van der Waals surface area (Å²) in [6, 6.07) is 4.96. The number of fused-ring (bicyclic) bond motifs is 3. The number of aromatic amines is 1. The average molecular weight is 434 g/mol. The summed E-state index contributed by atoms with van der Waals surface area (Å²) in [7, 11) is 1.95. The summed E-state index contributed by atoms with van der Waals surface area (Å²) in [6.45, 7) is 2.75. The van der Waals surface area contributed by atoms with Gasteiger partial charge in [-0.15, -0.1) is 0 Å². The first-order valence-corrected chi connectivity index (χ1v) is 11.8. The van der Waals surface area contributed by atoms with Gasteiger partial charge in [0.05, 0.1) is 24.2 Å². The van der Waals surface area contributed by atoms with Gasteiger partial charge >= 0.3 is 0 Å². The molecule has 5 rings (SSSR count). The highest BCUT2D eigenvalue weighted by Gasteiger charge is 2.29. The maximum Gasteiger partial charge on any atom is 0.230 e. The Labute approximate surface area is 188 Å². The molecule has 0 aromatic carbocycles. The van der Waals surface area contributed by atoms with Crippen LogP contribution < -0.4 is 0 Å². The molecule has 1 amide bonds. The van der Waals surface area contributed by atoms with E-state index in [1.54, 1.807) is 0 Å². The fourth-order valence-corrected chi connectivity index (χ4v) is 5.52. The van der Waals surface area contributed by atoms with Crippen LogP contribution in [0.2, 0.25) is 0 Å². The molecule has 1 N–H and O–H groups in total. The van der Waals surface area contributed by atoms with Crippen molar-refractivity contribution in [2.45, 2.75) is 63.5 Å². The third kappa shape index (κ3) is 3.86. The average Bonchev–Trinajstić information content (AvgIpc) is 3.56. The van der Waals surface area contributed by atoms with E-state index >= 15 is 0 Å². The van der Waals surface area contributed by atoms with Crippen LogP contribution in [0.5, 0.6) is 0 Å². The molecule has 32 heavy (non-hydrogen) atoms. The molecule has 1 aliphatic heterocycles. The van der Waals surface area contributed by atoms with E-state index in [2.05, 4.69) is 31.6 Å². The van der Waals surface area contributed by atoms with E-state index < -0.39 is 0 Å². The van der Waals surface area contributed by atoms with Gasteiger partial charge in [0.2, 0.25) is 5.91 Å². The topological polar surface area (TPSA) is 93.8 Å². The Morgan fingerprint density at radius 2 is 2.06 bits per heavy atom. The highest BCUT2D eigenvalue weighted by atomic mass is 16.2. The molecular formula is C24H31N7O. The van der Waals surface area contributed by atoms with Crippen molar-refractivity contribution in [3.8, 4) is 6.07 Å². The van der Waals surface area contributed by atoms with Crippen molar-refractivity contribution in [1.82, 2.24) is 29.3 Å². The minimum atomic E-state index is 0.151. The molecule has 1 saturated heterocycles. The summed E-state index contributed by atoms with van der Waals surface area (Å²) >= 11 is 0. The second-order valence-electron chi connectivity index (χ2n) is 9.23. The number of rotatable bonds is 6. The molecule has 0 bridgehead atoms. The number of aromatic nitrogens is 4. The second kappa shape index (κ2) is 8.91. The number of H-pyrrole nitrogens is 1. The molecule has 1 saturated carbocycles. The van der Waals surface area contributed by atoms with Crippen molar-refractivity contribution < 1.29 is 4.79 Å². The van der Waals surface area contributed by atoms with Gasteiger partial charge in [0.25, 0.3) is 0 Å². The highest BCUT2D eigenvalue weighted by molar-refractivity contribution is 6.01. The summed E-state index contributed by atoms with van der Waals surface area (Å²) in [6.07, 6.45) is 11.2. The summed E-state index contributed by atoms with van der Waals surface area (Å²) in [4.78, 5) is 30.2. The second-order valence-corrected chi connectivity index (χ2v) is 9.23. The molecule has 3 aromatic rings. The van der Waals surface area contributed by atoms with Crippen LogP contribution in [0.3, 0.4) is 0 Å². The molecule has 3 aromatic heterocycles. The normalized spacial score (nSPS) is 18.5. The number of likely N-dealkylation sites (N-methyl/N-ethyl adjacent to an activating group) is 1. The molecule has 2 aliphatic rings. The predicted octanol–water partition coefficient (Wildman–Crippen LogP) is 3.41. The first-order chi connectivity index (χ1) is 15.7. The van der Waals surface area contributed by atoms with E-state index in [1.807, 2.05) is 24.3 Å². The predicted molar refractivity (Wildman–Crippen MR) is 123 cm³/mol. The number of hydrogen-bond acceptors (Lipinski definition) is 5. The van der Waals surface area contributed by atoms with Crippen LogP contribution in [0.25, 0.3) is 22.1 Å². The number of hydrogen-bond donors (Lipinski definition) is 1. The molecule has 0 spiro atoms. The summed E-state index contributed by atoms with van der Waals surface area (Å²) in [5.74, 6) is 0.999. The van der Waals surface area contributed by atoms with Gasteiger partial charge in [0.15, 0.2) is 0 Å². The Bertz CT molecular complexity index is 1140. The number of nitrogens with one attached hydrogen (secondary N) is 1. The van der Waals surface area contributed by atoms with Gasteiger partial charge in [0.1, 0.15) is 17.0 Å². The number of piperidine rings is 1. The third-order valence-electron chi connectivity index (χ3n) is 7.34. The minimum absolute atomic E-state index is 0.151. The van der Waals surface area contributed by atoms with Gasteiger partial charge in [0, 0.05) is 56.8 Å². The number of imidazole rings is 1. The van der Waals surface area contributed by atoms with Crippen LogP contribution in [0.15, 0.2) is 18.5 Å². The molecule has 1 aliphatic carbocycles. The molecule has 8 nitrogen and oxygen atoms in total. The van der Waals surface area contributed by atoms with Crippen LogP contribution >= 0.6 is 0 Å². The van der Waals surface area contributed by atoms with Gasteiger partial charge in [-0.25, -0.2) is 9.97 Å². The maximum absolute atomic E-state index is 13.2. The van der Waals surface area contributed by atoms with E-state index in [-0.39, 0.29) is 5.91 Å². The number of nitrogens with zero attached hydrogens (tertiary/aromatic N) is 6. The maximum atomic E-state index is 13.2. The molecule has 0 unspecified atom stereocenters. The lowest BCUT2D eigenvalue weighted by Crippen LogP contribution is -2.38. The highest BCUT2D eigenvalue weighted by Crippen LogP contribution is 2.33. The Kier molecular flexibility index (Phi) is 5.83. The standard InChI is InChI=1S/C24H31N7O/c1-29(17-5-2-3-6-17)22(32)15-21-28-20-16-27-24-19(7-11-26-24)23(20)31(21)18-8-13-30(14-9-18)12-4-10-25/h7,11,16-18H,2-6,8-9,12-15H2,1H3,(H,26,27). The minimum Gasteiger partial charge on any atom is -0.346 e. The molecular weight excluding hydrogens is 402 g/mol. The number of nitriles is 1. The van der Waals surface area contributed by atoms with Crippen molar-refractivity contribution in [2.75, 3.05) is 26.7 Å². The SMILES string of the molecule is CN(C(=O)Cc1nc2cnc3[nH]ccc3c2n1C1CCN(CCC#N)CC1)C1CCCC1. The number of carbonyl (C=O) groups excluding carboxylic acids is 1. The van der Waals surface area contributed by atoms with Crippen molar-refractivity contribution in [1.29, 1.82) is 5.26 Å². The van der Waals surface area contributed by atoms with Crippen LogP contribution in [0, 0.1) is 11.3 Å². The van der Waals surface area contributed by atoms with Crippen LogP contribution in [-0.4, -0.2) is 67.9 Å². The van der Waals surface area contributed by atoms with Crippen LogP contribution in [0.4, 0.5) is 0 Å². The molecule has 0 radical (unpaired) electrons. The van der Waals surface area contributed by atoms with E-state index in [4.69, 9.17) is 10.2 Å². The first-order valence-electron chi connectivity index (χ1n) is 11.8. The van der Waals surface area contributed by atoms with Crippen LogP contribution in [-0.2, 0) is 11.2 Å². The number of carbonyl (C=O) groups is 1. The quantitative estimate of drug-likeness (QED) is 0.643. The van der Waals surface area contributed by atoms with E-state index in [9.17, 15) is 4.79 Å². The lowest BCUT2D eigenvalue weighted by atomic mass is 10.0. The van der Waals surface area contributed by atoms with E-state index in [0.29, 0.717) is 24.9 Å². The number of likely N-dealkylation sites (tertiary alicyclic amines) is 1. The van der Waals surface area contributed by atoms with E-state index in [0.717, 1.165) is 73.2 Å². The van der Waals surface area contributed by atoms with Crippen molar-refractivity contribution >= 4 is 28.0 Å². The lowest BCUT2D eigenvalue weighted by molar-refractivity contribution is -0.131. The van der Waals surface area contributed by atoms with Gasteiger partial charge in [-0.1, -0.05) is 12.8 Å². The summed E-state index contributed by atoms with van der Waals surface area (Å²) in [5.41, 5.74) is 2.79. The number of pyridine rings is 1. The largest absolute Gasteiger partial charge is 0.346 e. The Morgan fingerprint density at radius 3 is 2.81 bits per heavy atom. The van der Waals surface area contributed by atoms with E-state index in [1.165, 1.54) is 12.8 Å². The zero-order chi connectivity index (χ0) is 22.1. The zero-order valence-electron chi connectivity index (χ0n) is 18.8. The monoisotopic (exact) mass is 433 g/mol. The molecule has 8 heteroatoms. The Morgan fingerprint density at radius 1 is 1.28 bits per heavy atom. The smallest absolute Gasteiger partial charge is 0.230 e. The summed E-state index contributed by atoms with van der Waals surface area (Å²) in [5, 5.41) is 9.97. The zero-order valence-corrected chi connectivity index (χ0v) is 18.8. The van der Waals surface area contributed by atoms with Crippen molar-refractivity contribution in [2.24, 2.45) is 0 Å². The van der Waals surface area contributed by atoms with Crippen LogP contribution in [0.1, 0.15) is 56.8 Å². The molecule has 0 atom stereocenters. The van der Waals surface area contributed by atoms with Gasteiger partial charge in [-0.2, -0.15) is 5.26 Å². The van der Waals surface area contributed by atoms with Gasteiger partial charge in [-0.05, 0) is 31.7 Å². The lowest BCUT2D eigenvalue weighted by Gasteiger charge is -2.33.